The summed E-state index contributed by atoms with van der Waals surface area (Å²) >= 11 is 5.77. The molecule has 1 rings (SSSR count). The van der Waals surface area contributed by atoms with E-state index in [-0.39, 0.29) is 17.0 Å². The molecule has 0 radical (unpaired) electrons. The van der Waals surface area contributed by atoms with Crippen LogP contribution in [0.15, 0.2) is 6.07 Å². The maximum Gasteiger partial charge on any atom is 0.243 e. The molecule has 1 heterocycles. The van der Waals surface area contributed by atoms with Crippen LogP contribution in [0.4, 0.5) is 5.95 Å². The summed E-state index contributed by atoms with van der Waals surface area (Å²) in [5.74, 6) is -0.153. The summed E-state index contributed by atoms with van der Waals surface area (Å²) in [4.78, 5) is 19.7. The summed E-state index contributed by atoms with van der Waals surface area (Å²) in [5, 5.41) is 2.82. The van der Waals surface area contributed by atoms with Crippen LogP contribution in [0, 0.1) is 6.92 Å². The van der Waals surface area contributed by atoms with E-state index in [9.17, 15) is 4.79 Å². The third-order valence-electron chi connectivity index (χ3n) is 2.26. The third-order valence-corrected chi connectivity index (χ3v) is 2.45. The SMILES string of the molecule is COCCCC(N)C(=O)Nc1nc(C)cc(Cl)n1. The van der Waals surface area contributed by atoms with Gasteiger partial charge in [0.1, 0.15) is 5.15 Å². The maximum absolute atomic E-state index is 11.7. The molecule has 1 atom stereocenters. The second-order valence-electron chi connectivity index (χ2n) is 3.89. The van der Waals surface area contributed by atoms with Crippen molar-refractivity contribution >= 4 is 23.5 Å². The minimum absolute atomic E-state index is 0.173. The van der Waals surface area contributed by atoms with Crippen LogP contribution in [0.5, 0.6) is 0 Å². The molecule has 0 aliphatic carbocycles. The zero-order chi connectivity index (χ0) is 13.5. The molecule has 1 aromatic rings. The first-order chi connectivity index (χ1) is 8.52. The Labute approximate surface area is 111 Å². The molecule has 1 aromatic heterocycles. The molecule has 6 nitrogen and oxygen atoms in total. The molecular formula is C11H17ClN4O2. The van der Waals surface area contributed by atoms with Crippen LogP contribution in [0.2, 0.25) is 5.15 Å². The molecular weight excluding hydrogens is 256 g/mol. The molecule has 0 bridgehead atoms. The Balaban J connectivity index is 2.52. The fourth-order valence-corrected chi connectivity index (χ4v) is 1.61. The summed E-state index contributed by atoms with van der Waals surface area (Å²) in [6.07, 6.45) is 1.26. The van der Waals surface area contributed by atoms with Gasteiger partial charge in [-0.15, -0.1) is 0 Å². The molecule has 100 valence electrons. The summed E-state index contributed by atoms with van der Waals surface area (Å²) in [5.41, 5.74) is 6.40. The van der Waals surface area contributed by atoms with Crippen LogP contribution in [0.1, 0.15) is 18.5 Å². The normalized spacial score (nSPS) is 12.2. The van der Waals surface area contributed by atoms with Crippen LogP contribution >= 0.6 is 11.6 Å². The number of nitrogens with zero attached hydrogens (tertiary/aromatic N) is 2. The van der Waals surface area contributed by atoms with Gasteiger partial charge in [-0.3, -0.25) is 10.1 Å². The fourth-order valence-electron chi connectivity index (χ4n) is 1.37. The molecule has 0 saturated carbocycles. The number of nitrogens with two attached hydrogens (primary N) is 1. The molecule has 1 amide bonds. The molecule has 0 aromatic carbocycles. The fraction of sp³-hybridized carbons (Fsp3) is 0.545. The molecule has 3 N–H and O–H groups in total. The standard InChI is InChI=1S/C11H17ClN4O2/c1-7-6-9(12)15-11(14-7)16-10(17)8(13)4-3-5-18-2/h6,8H,3-5,13H2,1-2H3,(H,14,15,16,17). The largest absolute Gasteiger partial charge is 0.385 e. The summed E-state index contributed by atoms with van der Waals surface area (Å²) in [7, 11) is 1.61. The lowest BCUT2D eigenvalue weighted by molar-refractivity contribution is -0.117. The van der Waals surface area contributed by atoms with Crippen LogP contribution < -0.4 is 11.1 Å². The number of methoxy groups -OCH3 is 1. The maximum atomic E-state index is 11.7. The number of anilines is 1. The second-order valence-corrected chi connectivity index (χ2v) is 4.27. The van der Waals surface area contributed by atoms with E-state index in [0.717, 1.165) is 6.42 Å². The minimum atomic E-state index is -0.608. The van der Waals surface area contributed by atoms with Gasteiger partial charge in [0.2, 0.25) is 11.9 Å². The van der Waals surface area contributed by atoms with Crippen LogP contribution in [0.25, 0.3) is 0 Å². The Bertz CT molecular complexity index is 394. The van der Waals surface area contributed by atoms with Gasteiger partial charge in [-0.1, -0.05) is 11.6 Å². The van der Waals surface area contributed by atoms with Crippen molar-refractivity contribution in [1.82, 2.24) is 9.97 Å². The lowest BCUT2D eigenvalue weighted by atomic mass is 10.1. The highest BCUT2D eigenvalue weighted by molar-refractivity contribution is 6.29. The van der Waals surface area contributed by atoms with Gasteiger partial charge in [-0.25, -0.2) is 9.97 Å². The van der Waals surface area contributed by atoms with Crippen LogP contribution in [0.3, 0.4) is 0 Å². The number of ether oxygens (including phenoxy) is 1. The van der Waals surface area contributed by atoms with Crippen molar-refractivity contribution in [1.29, 1.82) is 0 Å². The number of aryl methyl sites for hydroxylation is 1. The van der Waals surface area contributed by atoms with E-state index >= 15 is 0 Å². The predicted octanol–water partition coefficient (Wildman–Crippen LogP) is 1.13. The Morgan fingerprint density at radius 3 is 2.94 bits per heavy atom. The topological polar surface area (TPSA) is 90.1 Å². The number of rotatable bonds is 6. The second kappa shape index (κ2) is 7.25. The van der Waals surface area contributed by atoms with E-state index < -0.39 is 6.04 Å². The highest BCUT2D eigenvalue weighted by Crippen LogP contribution is 2.10. The number of hydrogen-bond acceptors (Lipinski definition) is 5. The smallest absolute Gasteiger partial charge is 0.243 e. The van der Waals surface area contributed by atoms with Crippen molar-refractivity contribution in [2.75, 3.05) is 19.0 Å². The van der Waals surface area contributed by atoms with Gasteiger partial charge in [0, 0.05) is 19.4 Å². The van der Waals surface area contributed by atoms with Crippen molar-refractivity contribution in [3.63, 3.8) is 0 Å². The zero-order valence-electron chi connectivity index (χ0n) is 10.4. The van der Waals surface area contributed by atoms with Gasteiger partial charge in [0.15, 0.2) is 0 Å². The van der Waals surface area contributed by atoms with Gasteiger partial charge < -0.3 is 10.5 Å². The lowest BCUT2D eigenvalue weighted by Crippen LogP contribution is -2.36. The Morgan fingerprint density at radius 2 is 2.33 bits per heavy atom. The van der Waals surface area contributed by atoms with E-state index in [4.69, 9.17) is 22.1 Å². The Kier molecular flexibility index (Phi) is 5.97. The average molecular weight is 273 g/mol. The highest BCUT2D eigenvalue weighted by atomic mass is 35.5. The van der Waals surface area contributed by atoms with Crippen molar-refractivity contribution in [3.05, 3.63) is 16.9 Å². The monoisotopic (exact) mass is 272 g/mol. The number of carbonyl (C=O) groups excluding carboxylic acids is 1. The Morgan fingerprint density at radius 1 is 1.61 bits per heavy atom. The molecule has 1 unspecified atom stereocenters. The van der Waals surface area contributed by atoms with Gasteiger partial charge in [0.25, 0.3) is 0 Å². The summed E-state index contributed by atoms with van der Waals surface area (Å²) < 4.78 is 4.89. The molecule has 7 heteroatoms. The molecule has 0 saturated heterocycles. The van der Waals surface area contributed by atoms with E-state index in [1.165, 1.54) is 0 Å². The van der Waals surface area contributed by atoms with Gasteiger partial charge in [-0.05, 0) is 25.8 Å². The summed E-state index contributed by atoms with van der Waals surface area (Å²) in [6.45, 7) is 2.34. The molecule has 0 aliphatic heterocycles. The van der Waals surface area contributed by atoms with E-state index in [1.54, 1.807) is 20.1 Å². The molecule has 18 heavy (non-hydrogen) atoms. The Hall–Kier alpha value is -1.24. The van der Waals surface area contributed by atoms with Crippen molar-refractivity contribution in [3.8, 4) is 0 Å². The first-order valence-electron chi connectivity index (χ1n) is 5.59. The summed E-state index contributed by atoms with van der Waals surface area (Å²) in [6, 6.07) is 0.999. The van der Waals surface area contributed by atoms with Crippen molar-refractivity contribution < 1.29 is 9.53 Å². The molecule has 0 fully saturated rings. The number of halogens is 1. The van der Waals surface area contributed by atoms with E-state index in [2.05, 4.69) is 15.3 Å². The van der Waals surface area contributed by atoms with Crippen molar-refractivity contribution in [2.24, 2.45) is 5.73 Å². The van der Waals surface area contributed by atoms with E-state index in [0.29, 0.717) is 18.7 Å². The average Bonchev–Trinajstić information content (AvgIpc) is 2.27. The molecule has 0 spiro atoms. The number of amides is 1. The number of hydrogen-bond donors (Lipinski definition) is 2. The van der Waals surface area contributed by atoms with Crippen LogP contribution in [-0.2, 0) is 9.53 Å². The van der Waals surface area contributed by atoms with Crippen LogP contribution in [-0.4, -0.2) is 35.6 Å². The zero-order valence-corrected chi connectivity index (χ0v) is 11.2. The first kappa shape index (κ1) is 14.8. The lowest BCUT2D eigenvalue weighted by Gasteiger charge is -2.11. The van der Waals surface area contributed by atoms with E-state index in [1.807, 2.05) is 0 Å². The quantitative estimate of drug-likeness (QED) is 0.598. The van der Waals surface area contributed by atoms with Gasteiger partial charge in [-0.2, -0.15) is 0 Å². The number of carbonyl (C=O) groups is 1. The first-order valence-corrected chi connectivity index (χ1v) is 5.97. The minimum Gasteiger partial charge on any atom is -0.385 e. The van der Waals surface area contributed by atoms with Crippen molar-refractivity contribution in [2.45, 2.75) is 25.8 Å². The number of nitrogens with one attached hydrogen (secondary N) is 1. The van der Waals surface area contributed by atoms with Gasteiger partial charge in [0.05, 0.1) is 6.04 Å². The highest BCUT2D eigenvalue weighted by Gasteiger charge is 2.14. The predicted molar refractivity (Wildman–Crippen MR) is 69.5 cm³/mol. The number of aromatic nitrogens is 2. The van der Waals surface area contributed by atoms with Gasteiger partial charge >= 0.3 is 0 Å². The molecule has 0 aliphatic rings. The third kappa shape index (κ3) is 4.95.